The van der Waals surface area contributed by atoms with E-state index in [4.69, 9.17) is 70.6 Å². The minimum absolute atomic E-state index is 0.00966. The molecule has 28 nitrogen and oxygen atoms in total. The topological polar surface area (TPSA) is 312 Å². The minimum Gasteiger partial charge on any atom is -0.497 e. The van der Waals surface area contributed by atoms with Crippen LogP contribution in [0.1, 0.15) is 110 Å². The summed E-state index contributed by atoms with van der Waals surface area (Å²) in [6.07, 6.45) is -4.68. The molecule has 0 spiro atoms. The van der Waals surface area contributed by atoms with Crippen LogP contribution in [-0.4, -0.2) is 196 Å². The summed E-state index contributed by atoms with van der Waals surface area (Å²) in [6, 6.07) is 30.8. The molecule has 4 heterocycles. The number of ether oxygens (including phenoxy) is 13. The van der Waals surface area contributed by atoms with Gasteiger partial charge in [0.1, 0.15) is 66.4 Å². The Labute approximate surface area is 576 Å². The van der Waals surface area contributed by atoms with Crippen molar-refractivity contribution >= 4 is 54.5 Å². The summed E-state index contributed by atoms with van der Waals surface area (Å²) in [5.41, 5.74) is 2.81. The molecule has 2 N–H and O–H groups in total. The van der Waals surface area contributed by atoms with Crippen LogP contribution < -0.4 is 24.8 Å². The molecule has 0 radical (unpaired) electrons. The van der Waals surface area contributed by atoms with E-state index in [2.05, 4.69) is 39.4 Å². The summed E-state index contributed by atoms with van der Waals surface area (Å²) in [4.78, 5) is 75.5. The number of fused-ring (bicyclic) bond motifs is 1. The molecule has 9 atom stereocenters. The van der Waals surface area contributed by atoms with Gasteiger partial charge < -0.3 is 72.2 Å². The van der Waals surface area contributed by atoms with E-state index < -0.39 is 92.1 Å². The highest BCUT2D eigenvalue weighted by Gasteiger charge is 2.52. The van der Waals surface area contributed by atoms with Crippen molar-refractivity contribution in [2.45, 2.75) is 148 Å². The van der Waals surface area contributed by atoms with Gasteiger partial charge in [-0.05, 0) is 92.3 Å². The molecule has 2 aliphatic heterocycles. The van der Waals surface area contributed by atoms with Crippen molar-refractivity contribution < 1.29 is 99.2 Å². The van der Waals surface area contributed by atoms with Crippen LogP contribution in [0.5, 0.6) is 17.2 Å². The molecule has 99 heavy (non-hydrogen) atoms. The molecule has 4 aromatic carbocycles. The predicted octanol–water partition coefficient (Wildman–Crippen LogP) is 8.63. The van der Waals surface area contributed by atoms with Crippen LogP contribution in [0.2, 0.25) is 0 Å². The number of benzene rings is 4. The number of carbonyl (C=O) groups excluding carboxylic acids is 5. The summed E-state index contributed by atoms with van der Waals surface area (Å²) >= 11 is 0. The first-order chi connectivity index (χ1) is 47.5. The Bertz CT molecular complexity index is 3550. The lowest BCUT2D eigenvalue weighted by molar-refractivity contribution is -0.279. The largest absolute Gasteiger partial charge is 0.497 e. The zero-order chi connectivity index (χ0) is 71.2. The second-order valence-electron chi connectivity index (χ2n) is 24.2. The minimum atomic E-state index is -4.28. The zero-order valence-corrected chi connectivity index (χ0v) is 59.0. The zero-order valence-electron chi connectivity index (χ0n) is 58.1. The average Bonchev–Trinajstić information content (AvgIpc) is 1.50. The molecule has 0 saturated carbocycles. The SMILES string of the molecule is COc1ccc(C(OC[C@H]2O[C@@H](n3cnc4c(NC(=O)COc5ccc(C(C)C)cc5)ncnc43)C[C@@H]2OP(=O)(OCCOCCOCCOCCO[C@@H]2O[C@H](COC(C)=O)[C@H](OC(C)=O)[C@H](OC(C)=O)[C@H]2NC(C)=O)N(C(C)C)C(C)C)(c2ccccc2)c2ccc(OC)cc2)cc1. The molecule has 0 aliphatic carbocycles. The quantitative estimate of drug-likeness (QED) is 0.0120. The van der Waals surface area contributed by atoms with Gasteiger partial charge in [-0.15, -0.1) is 0 Å². The number of carbonyl (C=O) groups is 5. The number of methoxy groups -OCH3 is 2. The fraction of sp³-hybridized carbons (Fsp3) is 0.514. The van der Waals surface area contributed by atoms with Crippen molar-refractivity contribution in [3.63, 3.8) is 0 Å². The fourth-order valence-electron chi connectivity index (χ4n) is 11.7. The predicted molar refractivity (Wildman–Crippen MR) is 360 cm³/mol. The van der Waals surface area contributed by atoms with Gasteiger partial charge in [-0.1, -0.05) is 80.6 Å². The Kier molecular flexibility index (Phi) is 28.6. The van der Waals surface area contributed by atoms with Crippen molar-refractivity contribution in [2.75, 3.05) is 92.2 Å². The van der Waals surface area contributed by atoms with Crippen LogP contribution in [0, 0.1) is 0 Å². The van der Waals surface area contributed by atoms with Gasteiger partial charge in [0.15, 0.2) is 42.1 Å². The second kappa shape index (κ2) is 36.9. The van der Waals surface area contributed by atoms with Gasteiger partial charge in [-0.2, -0.15) is 0 Å². The molecule has 0 bridgehead atoms. The third-order valence-corrected chi connectivity index (χ3v) is 18.6. The highest BCUT2D eigenvalue weighted by Crippen LogP contribution is 2.57. The fourth-order valence-corrected chi connectivity index (χ4v) is 14.0. The summed E-state index contributed by atoms with van der Waals surface area (Å²) in [5, 5.41) is 5.49. The molecule has 2 amide bonds. The summed E-state index contributed by atoms with van der Waals surface area (Å²) < 4.78 is 110. The molecule has 8 rings (SSSR count). The van der Waals surface area contributed by atoms with Crippen LogP contribution in [0.25, 0.3) is 11.2 Å². The van der Waals surface area contributed by atoms with Crippen LogP contribution >= 0.6 is 7.75 Å². The maximum absolute atomic E-state index is 15.9. The Hall–Kier alpha value is -7.99. The van der Waals surface area contributed by atoms with Gasteiger partial charge in [0.2, 0.25) is 5.91 Å². The van der Waals surface area contributed by atoms with Gasteiger partial charge >= 0.3 is 25.7 Å². The van der Waals surface area contributed by atoms with E-state index in [1.54, 1.807) is 29.8 Å². The number of amides is 2. The molecule has 2 aliphatic rings. The lowest BCUT2D eigenvalue weighted by atomic mass is 9.80. The van der Waals surface area contributed by atoms with Crippen LogP contribution in [-0.2, 0) is 90.6 Å². The van der Waals surface area contributed by atoms with E-state index in [0.717, 1.165) is 36.1 Å². The van der Waals surface area contributed by atoms with Crippen molar-refractivity contribution in [3.8, 4) is 17.2 Å². The highest BCUT2D eigenvalue weighted by molar-refractivity contribution is 7.51. The summed E-state index contributed by atoms with van der Waals surface area (Å²) in [6.45, 7) is 16.3. The third kappa shape index (κ3) is 20.8. The Morgan fingerprint density at radius 2 is 1.21 bits per heavy atom. The first-order valence-corrected chi connectivity index (χ1v) is 34.3. The second-order valence-corrected chi connectivity index (χ2v) is 26.1. The first kappa shape index (κ1) is 76.8. The van der Waals surface area contributed by atoms with Gasteiger partial charge in [-0.3, -0.25) is 37.6 Å². The number of rotatable bonds is 38. The van der Waals surface area contributed by atoms with Gasteiger partial charge in [0.25, 0.3) is 5.91 Å². The number of aromatic nitrogens is 4. The average molecular weight is 1400 g/mol. The number of esters is 3. The number of nitrogens with one attached hydrogen (secondary N) is 2. The maximum atomic E-state index is 15.9. The molecule has 1 unspecified atom stereocenters. The van der Waals surface area contributed by atoms with Crippen LogP contribution in [0.3, 0.4) is 0 Å². The van der Waals surface area contributed by atoms with E-state index >= 15 is 4.57 Å². The Morgan fingerprint density at radius 3 is 1.77 bits per heavy atom. The highest BCUT2D eigenvalue weighted by atomic mass is 31.2. The lowest BCUT2D eigenvalue weighted by Gasteiger charge is -2.44. The van der Waals surface area contributed by atoms with Gasteiger partial charge in [-0.25, -0.2) is 24.2 Å². The first-order valence-electron chi connectivity index (χ1n) is 32.8. The smallest absolute Gasteiger partial charge is 0.409 e. The molecule has 2 aromatic heterocycles. The normalized spacial score (nSPS) is 20.0. The van der Waals surface area contributed by atoms with Crippen molar-refractivity contribution in [2.24, 2.45) is 0 Å². The van der Waals surface area contributed by atoms with Crippen LogP contribution in [0.15, 0.2) is 116 Å². The van der Waals surface area contributed by atoms with Gasteiger partial charge in [0, 0.05) is 46.2 Å². The van der Waals surface area contributed by atoms with E-state index in [1.165, 1.54) is 20.2 Å². The van der Waals surface area contributed by atoms with Crippen molar-refractivity contribution in [1.82, 2.24) is 29.5 Å². The van der Waals surface area contributed by atoms with Crippen LogP contribution in [0.4, 0.5) is 5.82 Å². The number of hydrogen-bond acceptors (Lipinski definition) is 24. The van der Waals surface area contributed by atoms with E-state index in [9.17, 15) is 24.0 Å². The molecule has 2 fully saturated rings. The molecule has 29 heteroatoms. The molecular weight excluding hydrogens is 1310 g/mol. The summed E-state index contributed by atoms with van der Waals surface area (Å²) in [7, 11) is -1.08. The monoisotopic (exact) mass is 1400 g/mol. The van der Waals surface area contributed by atoms with Gasteiger partial charge in [0.05, 0.1) is 80.0 Å². The third-order valence-electron chi connectivity index (χ3n) is 16.1. The molecule has 538 valence electrons. The van der Waals surface area contributed by atoms with E-state index in [0.29, 0.717) is 28.8 Å². The Balaban J connectivity index is 0.950. The van der Waals surface area contributed by atoms with E-state index in [-0.39, 0.29) is 103 Å². The lowest BCUT2D eigenvalue weighted by Crippen LogP contribution is -2.66. The Morgan fingerprint density at radius 1 is 0.646 bits per heavy atom. The van der Waals surface area contributed by atoms with Crippen molar-refractivity contribution in [1.29, 1.82) is 0 Å². The molecule has 2 saturated heterocycles. The maximum Gasteiger partial charge on any atom is 0.409 e. The number of hydrogen-bond donors (Lipinski definition) is 2. The number of nitrogens with zero attached hydrogens (tertiary/aromatic N) is 5. The number of anilines is 1. The van der Waals surface area contributed by atoms with E-state index in [1.807, 2.05) is 131 Å². The summed E-state index contributed by atoms with van der Waals surface area (Å²) in [5.74, 6) is -0.752. The number of imidazole rings is 1. The van der Waals surface area contributed by atoms with Crippen molar-refractivity contribution in [3.05, 3.63) is 138 Å². The standard InChI is InChI=1S/C70H92N7O21P/c1-44(2)51-18-24-57(25-19-51)91-41-61(82)75-67-64-68(72-42-71-67)76(43-73-64)62-38-58(59(96-62)40-92-70(52-16-14-13-15-17-52,53-20-26-55(84-11)27-21-53)54-22-28-56(85-12)29-23-54)98-99(83,77(45(3)4)46(5)6)93-37-35-88-33-31-86-30-32-87-34-36-89-69-63(74-47(7)78)66(95-50(10)81)65(94-49(9)80)60(97-69)39-90-48(8)79/h13-29,42-46,58-60,62-63,65-66,69H,30-41H2,1-12H3,(H,74,78)(H,71,72,75,82)/t58-,59+,60+,62+,63+,65-,66+,69+,99?/m0/s1. The molecular formula is C70H92N7O21P. The molecule has 6 aromatic rings.